The van der Waals surface area contributed by atoms with Gasteiger partial charge in [-0.1, -0.05) is 51.0 Å². The highest BCUT2D eigenvalue weighted by atomic mass is 16.5. The van der Waals surface area contributed by atoms with Gasteiger partial charge in [0.15, 0.2) is 0 Å². The Labute approximate surface area is 168 Å². The molecule has 0 aromatic heterocycles. The number of hydrogen-bond acceptors (Lipinski definition) is 4. The lowest BCUT2D eigenvalue weighted by molar-refractivity contribution is 0.0858. The summed E-state index contributed by atoms with van der Waals surface area (Å²) >= 11 is 0. The van der Waals surface area contributed by atoms with E-state index in [1.807, 2.05) is 31.2 Å². The zero-order valence-electron chi connectivity index (χ0n) is 17.4. The summed E-state index contributed by atoms with van der Waals surface area (Å²) in [5, 5.41) is 14.2. The van der Waals surface area contributed by atoms with Crippen LogP contribution in [0.25, 0.3) is 10.8 Å². The van der Waals surface area contributed by atoms with Crippen LogP contribution in [0.2, 0.25) is 0 Å². The number of rotatable bonds is 10. The first-order valence-electron chi connectivity index (χ1n) is 10.1. The summed E-state index contributed by atoms with van der Waals surface area (Å²) in [4.78, 5) is 15.4. The van der Waals surface area contributed by atoms with Crippen molar-refractivity contribution in [2.75, 3.05) is 20.2 Å². The normalized spacial score (nSPS) is 12.0. The average molecular weight is 382 g/mol. The summed E-state index contributed by atoms with van der Waals surface area (Å²) in [5.74, 6) is 0.289. The van der Waals surface area contributed by atoms with Crippen LogP contribution in [-0.4, -0.2) is 37.2 Å². The number of nitriles is 1. The Balaban J connectivity index is 2.32. The molecule has 2 aromatic rings. The third-order valence-corrected chi connectivity index (χ3v) is 5.05. The lowest BCUT2D eigenvalue weighted by atomic mass is 9.99. The molecule has 2 rings (SSSR count). The fraction of sp³-hybridized carbons (Fsp3) is 0.478. The SMILES string of the molecule is CCCCN(CCCC)C(C)NC(=O)c1cc(C#N)c2ccccc2c1OC. The zero-order chi connectivity index (χ0) is 20.5. The third-order valence-electron chi connectivity index (χ3n) is 5.05. The van der Waals surface area contributed by atoms with E-state index in [0.717, 1.165) is 49.5 Å². The molecule has 0 radical (unpaired) electrons. The molecule has 1 N–H and O–H groups in total. The van der Waals surface area contributed by atoms with E-state index in [4.69, 9.17) is 4.74 Å². The second-order valence-electron chi connectivity index (χ2n) is 7.05. The standard InChI is InChI=1S/C23H31N3O2/c1-5-7-13-26(14-8-6-2)17(3)25-23(27)21-15-18(16-24)19-11-9-10-12-20(19)22(21)28-4/h9-12,15,17H,5-8,13-14H2,1-4H3,(H,25,27). The maximum absolute atomic E-state index is 13.1. The lowest BCUT2D eigenvalue weighted by Gasteiger charge is -2.30. The van der Waals surface area contributed by atoms with Crippen LogP contribution in [0.15, 0.2) is 30.3 Å². The van der Waals surface area contributed by atoms with Crippen molar-refractivity contribution in [3.63, 3.8) is 0 Å². The topological polar surface area (TPSA) is 65.4 Å². The second-order valence-corrected chi connectivity index (χ2v) is 7.05. The summed E-state index contributed by atoms with van der Waals surface area (Å²) in [6.07, 6.45) is 4.34. The molecular formula is C23H31N3O2. The van der Waals surface area contributed by atoms with Crippen LogP contribution in [-0.2, 0) is 0 Å². The highest BCUT2D eigenvalue weighted by Crippen LogP contribution is 2.32. The Morgan fingerprint density at radius 2 is 1.79 bits per heavy atom. The number of carbonyl (C=O) groups is 1. The predicted octanol–water partition coefficient (Wildman–Crippen LogP) is 4.70. The van der Waals surface area contributed by atoms with Gasteiger partial charge in [-0.15, -0.1) is 0 Å². The van der Waals surface area contributed by atoms with Crippen molar-refractivity contribution in [2.45, 2.75) is 52.6 Å². The van der Waals surface area contributed by atoms with Crippen molar-refractivity contribution in [3.8, 4) is 11.8 Å². The van der Waals surface area contributed by atoms with Crippen LogP contribution < -0.4 is 10.1 Å². The van der Waals surface area contributed by atoms with Gasteiger partial charge in [-0.3, -0.25) is 9.69 Å². The molecule has 0 spiro atoms. The number of unbranched alkanes of at least 4 members (excludes halogenated alkanes) is 2. The number of methoxy groups -OCH3 is 1. The summed E-state index contributed by atoms with van der Waals surface area (Å²) < 4.78 is 5.57. The maximum Gasteiger partial charge on any atom is 0.256 e. The first-order valence-corrected chi connectivity index (χ1v) is 10.1. The molecule has 1 unspecified atom stereocenters. The molecule has 0 saturated heterocycles. The highest BCUT2D eigenvalue weighted by Gasteiger charge is 2.21. The van der Waals surface area contributed by atoms with E-state index < -0.39 is 0 Å². The molecule has 0 aliphatic heterocycles. The molecule has 1 atom stereocenters. The summed E-state index contributed by atoms with van der Waals surface area (Å²) in [7, 11) is 1.56. The number of nitrogens with one attached hydrogen (secondary N) is 1. The van der Waals surface area contributed by atoms with Crippen molar-refractivity contribution in [2.24, 2.45) is 0 Å². The van der Waals surface area contributed by atoms with Crippen molar-refractivity contribution < 1.29 is 9.53 Å². The van der Waals surface area contributed by atoms with E-state index in [-0.39, 0.29) is 12.1 Å². The molecule has 0 bridgehead atoms. The molecule has 0 aliphatic carbocycles. The van der Waals surface area contributed by atoms with E-state index in [2.05, 4.69) is 30.1 Å². The monoisotopic (exact) mass is 381 g/mol. The maximum atomic E-state index is 13.1. The largest absolute Gasteiger partial charge is 0.495 e. The Kier molecular flexibility index (Phi) is 8.28. The number of fused-ring (bicyclic) bond motifs is 1. The molecule has 28 heavy (non-hydrogen) atoms. The van der Waals surface area contributed by atoms with Crippen LogP contribution >= 0.6 is 0 Å². The van der Waals surface area contributed by atoms with Crippen LogP contribution in [0.1, 0.15) is 62.4 Å². The minimum absolute atomic E-state index is 0.0905. The van der Waals surface area contributed by atoms with E-state index in [9.17, 15) is 10.1 Å². The van der Waals surface area contributed by atoms with E-state index in [1.54, 1.807) is 13.2 Å². The van der Waals surface area contributed by atoms with Gasteiger partial charge >= 0.3 is 0 Å². The second kappa shape index (κ2) is 10.7. The molecule has 0 fully saturated rings. The summed E-state index contributed by atoms with van der Waals surface area (Å²) in [6, 6.07) is 11.3. The van der Waals surface area contributed by atoms with Gasteiger partial charge < -0.3 is 10.1 Å². The Hall–Kier alpha value is -2.58. The fourth-order valence-corrected chi connectivity index (χ4v) is 3.41. The first kappa shape index (κ1) is 21.7. The molecule has 0 aliphatic rings. The van der Waals surface area contributed by atoms with Crippen LogP contribution in [0.4, 0.5) is 0 Å². The molecule has 1 amide bonds. The zero-order valence-corrected chi connectivity index (χ0v) is 17.4. The van der Waals surface area contributed by atoms with Crippen molar-refractivity contribution >= 4 is 16.7 Å². The van der Waals surface area contributed by atoms with Gasteiger partial charge in [-0.2, -0.15) is 5.26 Å². The number of carbonyl (C=O) groups excluding carboxylic acids is 1. The Morgan fingerprint density at radius 3 is 2.32 bits per heavy atom. The van der Waals surface area contributed by atoms with E-state index >= 15 is 0 Å². The lowest BCUT2D eigenvalue weighted by Crippen LogP contribution is -2.47. The number of hydrogen-bond donors (Lipinski definition) is 1. The summed E-state index contributed by atoms with van der Waals surface area (Å²) in [6.45, 7) is 8.27. The molecule has 150 valence electrons. The smallest absolute Gasteiger partial charge is 0.256 e. The quantitative estimate of drug-likeness (QED) is 0.606. The minimum Gasteiger partial charge on any atom is -0.495 e. The van der Waals surface area contributed by atoms with Crippen LogP contribution in [0.5, 0.6) is 5.75 Å². The van der Waals surface area contributed by atoms with Crippen molar-refractivity contribution in [1.29, 1.82) is 5.26 Å². The number of benzene rings is 2. The van der Waals surface area contributed by atoms with Crippen molar-refractivity contribution in [3.05, 3.63) is 41.5 Å². The van der Waals surface area contributed by atoms with Gasteiger partial charge in [0.05, 0.1) is 30.5 Å². The molecule has 5 heteroatoms. The average Bonchev–Trinajstić information content (AvgIpc) is 2.72. The Morgan fingerprint density at radius 1 is 1.18 bits per heavy atom. The molecule has 2 aromatic carbocycles. The minimum atomic E-state index is -0.218. The summed E-state index contributed by atoms with van der Waals surface area (Å²) in [5.41, 5.74) is 0.874. The Bertz CT molecular complexity index is 834. The predicted molar refractivity (Wildman–Crippen MR) is 114 cm³/mol. The van der Waals surface area contributed by atoms with Crippen LogP contribution in [0.3, 0.4) is 0 Å². The van der Waals surface area contributed by atoms with Gasteiger partial charge in [0, 0.05) is 23.9 Å². The van der Waals surface area contributed by atoms with Gasteiger partial charge in [-0.25, -0.2) is 0 Å². The van der Waals surface area contributed by atoms with Gasteiger partial charge in [0.2, 0.25) is 0 Å². The van der Waals surface area contributed by atoms with Crippen molar-refractivity contribution in [1.82, 2.24) is 10.2 Å². The molecule has 0 heterocycles. The highest BCUT2D eigenvalue weighted by molar-refractivity contribution is 6.05. The first-order chi connectivity index (χ1) is 13.6. The van der Waals surface area contributed by atoms with E-state index in [1.165, 1.54) is 0 Å². The van der Waals surface area contributed by atoms with Crippen LogP contribution in [0, 0.1) is 11.3 Å². The number of ether oxygens (including phenoxy) is 1. The van der Waals surface area contributed by atoms with Gasteiger partial charge in [0.25, 0.3) is 5.91 Å². The third kappa shape index (κ3) is 5.02. The number of nitrogens with zero attached hydrogens (tertiary/aromatic N) is 2. The number of amides is 1. The molecular weight excluding hydrogens is 350 g/mol. The molecule has 0 saturated carbocycles. The van der Waals surface area contributed by atoms with Gasteiger partial charge in [-0.05, 0) is 25.8 Å². The molecule has 5 nitrogen and oxygen atoms in total. The van der Waals surface area contributed by atoms with Gasteiger partial charge in [0.1, 0.15) is 5.75 Å². The fourth-order valence-electron chi connectivity index (χ4n) is 3.41. The van der Waals surface area contributed by atoms with E-state index in [0.29, 0.717) is 16.9 Å².